The number of aromatic nitrogens is 3. The lowest BCUT2D eigenvalue weighted by Gasteiger charge is -2.29. The lowest BCUT2D eigenvalue weighted by molar-refractivity contribution is 0.0690. The first-order valence-corrected chi connectivity index (χ1v) is 7.32. The first-order valence-electron chi connectivity index (χ1n) is 7.32. The summed E-state index contributed by atoms with van der Waals surface area (Å²) in [6.45, 7) is 3.47. The molecule has 0 bridgehead atoms. The molecule has 0 aromatic carbocycles. The average molecular weight is 287 g/mol. The van der Waals surface area contributed by atoms with E-state index in [0.717, 1.165) is 37.7 Å². The van der Waals surface area contributed by atoms with Crippen molar-refractivity contribution in [2.75, 3.05) is 31.1 Å². The number of carboxylic acid groups (broad SMARTS) is 1. The van der Waals surface area contributed by atoms with Crippen LogP contribution in [-0.4, -0.2) is 51.9 Å². The molecule has 0 unspecified atom stereocenters. The van der Waals surface area contributed by atoms with Crippen LogP contribution in [0.2, 0.25) is 0 Å². The van der Waals surface area contributed by atoms with Crippen molar-refractivity contribution in [3.8, 4) is 0 Å². The van der Waals surface area contributed by atoms with Crippen LogP contribution in [0.5, 0.6) is 0 Å². The van der Waals surface area contributed by atoms with Gasteiger partial charge < -0.3 is 15.3 Å². The zero-order valence-corrected chi connectivity index (χ0v) is 11.6. The van der Waals surface area contributed by atoms with Gasteiger partial charge in [0.1, 0.15) is 5.82 Å². The molecule has 1 saturated carbocycles. The minimum Gasteiger partial charge on any atom is -0.477 e. The predicted molar refractivity (Wildman–Crippen MR) is 77.0 cm³/mol. The molecule has 0 spiro atoms. The number of piperazine rings is 1. The van der Waals surface area contributed by atoms with Crippen molar-refractivity contribution in [1.29, 1.82) is 0 Å². The molecule has 1 aliphatic heterocycles. The smallest absolute Gasteiger partial charge is 0.354 e. The molecular weight excluding hydrogens is 270 g/mol. The van der Waals surface area contributed by atoms with Crippen LogP contribution in [0, 0.1) is 0 Å². The Labute approximate surface area is 121 Å². The van der Waals surface area contributed by atoms with Gasteiger partial charge in [-0.25, -0.2) is 9.78 Å². The van der Waals surface area contributed by atoms with Gasteiger partial charge in [0.05, 0.1) is 5.69 Å². The molecule has 3 heterocycles. The monoisotopic (exact) mass is 287 g/mol. The van der Waals surface area contributed by atoms with Crippen molar-refractivity contribution >= 4 is 17.4 Å². The predicted octanol–water partition coefficient (Wildman–Crippen LogP) is 0.714. The Morgan fingerprint density at radius 3 is 2.71 bits per heavy atom. The highest BCUT2D eigenvalue weighted by Gasteiger charge is 2.28. The molecular formula is C14H17N5O2. The molecule has 21 heavy (non-hydrogen) atoms. The first kappa shape index (κ1) is 12.6. The van der Waals surface area contributed by atoms with Gasteiger partial charge in [0.2, 0.25) is 0 Å². The second-order valence-electron chi connectivity index (χ2n) is 5.66. The first-order chi connectivity index (χ1) is 10.2. The number of hydrogen-bond acceptors (Lipinski definition) is 5. The highest BCUT2D eigenvalue weighted by molar-refractivity contribution is 5.87. The number of aromatic carboxylic acids is 1. The van der Waals surface area contributed by atoms with Gasteiger partial charge in [-0.1, -0.05) is 0 Å². The minimum absolute atomic E-state index is 0.0817. The van der Waals surface area contributed by atoms with Crippen molar-refractivity contribution < 1.29 is 9.90 Å². The second-order valence-corrected chi connectivity index (χ2v) is 5.66. The fourth-order valence-corrected chi connectivity index (χ4v) is 2.78. The van der Waals surface area contributed by atoms with Gasteiger partial charge in [0.15, 0.2) is 11.3 Å². The van der Waals surface area contributed by atoms with Crippen molar-refractivity contribution in [3.63, 3.8) is 0 Å². The quantitative estimate of drug-likeness (QED) is 0.865. The fraction of sp³-hybridized carbons (Fsp3) is 0.500. The lowest BCUT2D eigenvalue weighted by Crippen LogP contribution is -2.44. The van der Waals surface area contributed by atoms with Crippen LogP contribution >= 0.6 is 0 Å². The van der Waals surface area contributed by atoms with E-state index < -0.39 is 5.97 Å². The van der Waals surface area contributed by atoms with E-state index in [1.54, 1.807) is 10.6 Å². The summed E-state index contributed by atoms with van der Waals surface area (Å²) in [5, 5.41) is 17.2. The standard InChI is InChI=1S/C14H17N5O2/c20-14(21)11-8-13(18-5-3-15-4-6-18)19-12(16-11)7-10(17-19)9-1-2-9/h7-9,15H,1-6H2,(H,20,21). The van der Waals surface area contributed by atoms with Crippen LogP contribution in [0.15, 0.2) is 12.1 Å². The van der Waals surface area contributed by atoms with E-state index in [1.165, 1.54) is 12.8 Å². The van der Waals surface area contributed by atoms with Gasteiger partial charge in [-0.15, -0.1) is 0 Å². The normalized spacial score (nSPS) is 19.1. The molecule has 0 atom stereocenters. The Bertz CT molecular complexity index is 701. The topological polar surface area (TPSA) is 82.8 Å². The molecule has 1 saturated heterocycles. The van der Waals surface area contributed by atoms with Crippen LogP contribution in [-0.2, 0) is 0 Å². The summed E-state index contributed by atoms with van der Waals surface area (Å²) in [7, 11) is 0. The Balaban J connectivity index is 1.85. The van der Waals surface area contributed by atoms with Crippen LogP contribution in [0.25, 0.3) is 5.65 Å². The van der Waals surface area contributed by atoms with Gasteiger partial charge >= 0.3 is 5.97 Å². The minimum atomic E-state index is -0.997. The van der Waals surface area contributed by atoms with Crippen molar-refractivity contribution in [1.82, 2.24) is 19.9 Å². The molecule has 2 aromatic rings. The largest absolute Gasteiger partial charge is 0.477 e. The van der Waals surface area contributed by atoms with Crippen molar-refractivity contribution in [3.05, 3.63) is 23.5 Å². The Morgan fingerprint density at radius 1 is 1.29 bits per heavy atom. The van der Waals surface area contributed by atoms with E-state index >= 15 is 0 Å². The van der Waals surface area contributed by atoms with Crippen LogP contribution < -0.4 is 10.2 Å². The maximum Gasteiger partial charge on any atom is 0.354 e. The van der Waals surface area contributed by atoms with Gasteiger partial charge in [-0.2, -0.15) is 9.61 Å². The van der Waals surface area contributed by atoms with Crippen molar-refractivity contribution in [2.24, 2.45) is 0 Å². The molecule has 2 aliphatic rings. The molecule has 2 aromatic heterocycles. The van der Waals surface area contributed by atoms with Gasteiger partial charge in [-0.3, -0.25) is 0 Å². The summed E-state index contributed by atoms with van der Waals surface area (Å²) in [5.41, 5.74) is 1.74. The number of nitrogens with zero attached hydrogens (tertiary/aromatic N) is 4. The maximum atomic E-state index is 11.3. The van der Waals surface area contributed by atoms with Crippen LogP contribution in [0.1, 0.15) is 34.9 Å². The van der Waals surface area contributed by atoms with Crippen LogP contribution in [0.3, 0.4) is 0 Å². The van der Waals surface area contributed by atoms with Crippen LogP contribution in [0.4, 0.5) is 5.82 Å². The maximum absolute atomic E-state index is 11.3. The van der Waals surface area contributed by atoms with E-state index in [1.807, 2.05) is 6.07 Å². The molecule has 7 heteroatoms. The Hall–Kier alpha value is -2.15. The molecule has 0 amide bonds. The fourth-order valence-electron chi connectivity index (χ4n) is 2.78. The summed E-state index contributed by atoms with van der Waals surface area (Å²) >= 11 is 0. The third-order valence-electron chi connectivity index (χ3n) is 4.08. The van der Waals surface area contributed by atoms with Gasteiger partial charge in [0, 0.05) is 44.2 Å². The lowest BCUT2D eigenvalue weighted by atomic mass is 10.3. The zero-order chi connectivity index (χ0) is 14.4. The number of carbonyl (C=O) groups is 1. The second kappa shape index (κ2) is 4.70. The van der Waals surface area contributed by atoms with E-state index in [-0.39, 0.29) is 5.69 Å². The summed E-state index contributed by atoms with van der Waals surface area (Å²) < 4.78 is 1.80. The number of fused-ring (bicyclic) bond motifs is 1. The Morgan fingerprint density at radius 2 is 2.05 bits per heavy atom. The Kier molecular flexibility index (Phi) is 2.81. The molecule has 4 rings (SSSR count). The average Bonchev–Trinajstić information content (AvgIpc) is 3.26. The molecule has 110 valence electrons. The molecule has 1 aliphatic carbocycles. The third kappa shape index (κ3) is 2.23. The van der Waals surface area contributed by atoms with E-state index in [2.05, 4.69) is 20.3 Å². The SMILES string of the molecule is O=C(O)c1cc(N2CCNCC2)n2nc(C3CC3)cc2n1. The van der Waals surface area contributed by atoms with E-state index in [0.29, 0.717) is 11.6 Å². The summed E-state index contributed by atoms with van der Waals surface area (Å²) in [6, 6.07) is 3.56. The van der Waals surface area contributed by atoms with Gasteiger partial charge in [-0.05, 0) is 12.8 Å². The number of nitrogens with one attached hydrogen (secondary N) is 1. The number of rotatable bonds is 3. The number of anilines is 1. The molecule has 2 fully saturated rings. The highest BCUT2D eigenvalue weighted by atomic mass is 16.4. The molecule has 0 radical (unpaired) electrons. The highest BCUT2D eigenvalue weighted by Crippen LogP contribution is 2.39. The summed E-state index contributed by atoms with van der Waals surface area (Å²) in [5.74, 6) is 0.352. The van der Waals surface area contributed by atoms with E-state index in [9.17, 15) is 9.90 Å². The number of carboxylic acids is 1. The summed E-state index contributed by atoms with van der Waals surface area (Å²) in [6.07, 6.45) is 2.33. The number of hydrogen-bond donors (Lipinski definition) is 2. The van der Waals surface area contributed by atoms with Crippen molar-refractivity contribution in [2.45, 2.75) is 18.8 Å². The molecule has 7 nitrogen and oxygen atoms in total. The third-order valence-corrected chi connectivity index (χ3v) is 4.08. The summed E-state index contributed by atoms with van der Waals surface area (Å²) in [4.78, 5) is 17.7. The molecule has 2 N–H and O–H groups in total. The van der Waals surface area contributed by atoms with Gasteiger partial charge in [0.25, 0.3) is 0 Å². The zero-order valence-electron chi connectivity index (χ0n) is 11.6. The van der Waals surface area contributed by atoms with E-state index in [4.69, 9.17) is 0 Å².